The normalized spacial score (nSPS) is 13.1. The van der Waals surface area contributed by atoms with E-state index in [9.17, 15) is 29.1 Å². The van der Waals surface area contributed by atoms with Crippen molar-refractivity contribution < 1.29 is 34.2 Å². The van der Waals surface area contributed by atoms with E-state index in [1.807, 2.05) is 24.3 Å². The summed E-state index contributed by atoms with van der Waals surface area (Å²) in [4.78, 5) is 67.1. The molecule has 0 bridgehead atoms. The fourth-order valence-corrected chi connectivity index (χ4v) is 3.72. The van der Waals surface area contributed by atoms with Crippen LogP contribution in [0.1, 0.15) is 31.2 Å². The van der Waals surface area contributed by atoms with Gasteiger partial charge in [0.2, 0.25) is 17.7 Å². The minimum Gasteiger partial charge on any atom is -0.481 e. The fraction of sp³-hybridized carbons (Fsp3) is 0.417. The molecule has 212 valence electrons. The predicted molar refractivity (Wildman–Crippen MR) is 141 cm³/mol. The van der Waals surface area contributed by atoms with Crippen molar-refractivity contribution in [2.75, 3.05) is 13.1 Å². The summed E-state index contributed by atoms with van der Waals surface area (Å²) < 4.78 is 0. The van der Waals surface area contributed by atoms with Crippen molar-refractivity contribution in [2.24, 2.45) is 22.2 Å². The molecule has 0 saturated carbocycles. The molecule has 3 amide bonds. The van der Waals surface area contributed by atoms with Crippen molar-refractivity contribution >= 4 is 46.5 Å². The molecule has 1 heterocycles. The Morgan fingerprint density at radius 2 is 1.69 bits per heavy atom. The molecule has 0 aliphatic heterocycles. The third-order valence-corrected chi connectivity index (χ3v) is 5.74. The number of H-pyrrole nitrogens is 1. The Hall–Kier alpha value is -4.66. The fourth-order valence-electron chi connectivity index (χ4n) is 3.72. The number of hydrogen-bond acceptors (Lipinski definition) is 7. The molecule has 15 heteroatoms. The first-order chi connectivity index (χ1) is 18.5. The van der Waals surface area contributed by atoms with E-state index in [0.717, 1.165) is 10.9 Å². The van der Waals surface area contributed by atoms with Gasteiger partial charge in [-0.05, 0) is 30.9 Å². The van der Waals surface area contributed by atoms with Gasteiger partial charge in [-0.15, -0.1) is 0 Å². The van der Waals surface area contributed by atoms with Gasteiger partial charge in [0.05, 0.1) is 12.6 Å². The molecule has 0 fully saturated rings. The van der Waals surface area contributed by atoms with E-state index in [1.54, 1.807) is 6.20 Å². The summed E-state index contributed by atoms with van der Waals surface area (Å²) in [6.07, 6.45) is 1.56. The lowest BCUT2D eigenvalue weighted by Gasteiger charge is -2.20. The Balaban J connectivity index is 1.93. The van der Waals surface area contributed by atoms with Gasteiger partial charge in [0.15, 0.2) is 5.96 Å². The lowest BCUT2D eigenvalue weighted by atomic mass is 10.0. The highest BCUT2D eigenvalue weighted by molar-refractivity contribution is 5.93. The zero-order valence-corrected chi connectivity index (χ0v) is 21.2. The van der Waals surface area contributed by atoms with Crippen LogP contribution in [-0.4, -0.2) is 82.0 Å². The van der Waals surface area contributed by atoms with Crippen LogP contribution < -0.4 is 33.2 Å². The van der Waals surface area contributed by atoms with E-state index in [4.69, 9.17) is 22.3 Å². The average Bonchev–Trinajstić information content (AvgIpc) is 3.29. The number of aromatic amines is 1. The number of para-hydroxylation sites is 1. The number of guanidine groups is 1. The number of rotatable bonds is 16. The molecule has 0 aliphatic rings. The Morgan fingerprint density at radius 1 is 0.974 bits per heavy atom. The molecule has 2 rings (SSSR count). The number of benzene rings is 1. The van der Waals surface area contributed by atoms with Crippen LogP contribution in [0.25, 0.3) is 10.9 Å². The highest BCUT2D eigenvalue weighted by Gasteiger charge is 2.26. The van der Waals surface area contributed by atoms with E-state index < -0.39 is 60.8 Å². The highest BCUT2D eigenvalue weighted by Crippen LogP contribution is 2.19. The summed E-state index contributed by atoms with van der Waals surface area (Å²) in [5.74, 6) is -4.86. The monoisotopic (exact) mass is 546 g/mol. The van der Waals surface area contributed by atoms with Gasteiger partial charge in [-0.25, -0.2) is 4.79 Å². The Kier molecular flexibility index (Phi) is 11.7. The third kappa shape index (κ3) is 10.3. The summed E-state index contributed by atoms with van der Waals surface area (Å²) >= 11 is 0. The molecule has 0 spiro atoms. The molecule has 15 nitrogen and oxygen atoms in total. The second-order valence-corrected chi connectivity index (χ2v) is 8.79. The maximum absolute atomic E-state index is 12.7. The van der Waals surface area contributed by atoms with Crippen molar-refractivity contribution in [2.45, 2.75) is 50.2 Å². The number of nitrogens with zero attached hydrogens (tertiary/aromatic N) is 1. The van der Waals surface area contributed by atoms with E-state index >= 15 is 0 Å². The van der Waals surface area contributed by atoms with Gasteiger partial charge < -0.3 is 48.3 Å². The van der Waals surface area contributed by atoms with Gasteiger partial charge in [0.1, 0.15) is 12.1 Å². The first-order valence-electron chi connectivity index (χ1n) is 12.2. The van der Waals surface area contributed by atoms with Crippen LogP contribution in [0.5, 0.6) is 0 Å². The number of hydrogen-bond donors (Lipinski definition) is 9. The third-order valence-electron chi connectivity index (χ3n) is 5.74. The number of aromatic nitrogens is 1. The largest absolute Gasteiger partial charge is 0.481 e. The van der Waals surface area contributed by atoms with E-state index in [0.29, 0.717) is 12.0 Å². The van der Waals surface area contributed by atoms with Crippen LogP contribution in [0.4, 0.5) is 0 Å². The zero-order chi connectivity index (χ0) is 28.9. The molecule has 3 unspecified atom stereocenters. The maximum Gasteiger partial charge on any atom is 0.326 e. The van der Waals surface area contributed by atoms with Gasteiger partial charge in [-0.3, -0.25) is 24.2 Å². The summed E-state index contributed by atoms with van der Waals surface area (Å²) in [5, 5.41) is 26.5. The van der Waals surface area contributed by atoms with Crippen molar-refractivity contribution in [3.63, 3.8) is 0 Å². The van der Waals surface area contributed by atoms with Crippen LogP contribution in [0.3, 0.4) is 0 Å². The number of carboxylic acid groups (broad SMARTS) is 2. The van der Waals surface area contributed by atoms with Gasteiger partial charge in [-0.1, -0.05) is 18.2 Å². The number of amides is 3. The molecular weight excluding hydrogens is 512 g/mol. The van der Waals surface area contributed by atoms with Gasteiger partial charge >= 0.3 is 11.9 Å². The number of aliphatic carboxylic acids is 2. The average molecular weight is 547 g/mol. The molecule has 3 atom stereocenters. The van der Waals surface area contributed by atoms with Crippen LogP contribution in [0.2, 0.25) is 0 Å². The summed E-state index contributed by atoms with van der Waals surface area (Å²) in [6, 6.07) is 3.73. The Labute approximate surface area is 223 Å². The molecule has 2 aromatic rings. The lowest BCUT2D eigenvalue weighted by molar-refractivity contribution is -0.141. The molecule has 0 aliphatic carbocycles. The Morgan fingerprint density at radius 3 is 2.36 bits per heavy atom. The van der Waals surface area contributed by atoms with Gasteiger partial charge in [-0.2, -0.15) is 0 Å². The zero-order valence-electron chi connectivity index (χ0n) is 21.2. The first-order valence-corrected chi connectivity index (χ1v) is 12.2. The number of nitrogens with one attached hydrogen (secondary N) is 4. The second-order valence-electron chi connectivity index (χ2n) is 8.79. The topological polar surface area (TPSA) is 268 Å². The minimum absolute atomic E-state index is 0.00258. The van der Waals surface area contributed by atoms with Crippen molar-refractivity contribution in [3.05, 3.63) is 36.0 Å². The first kappa shape index (κ1) is 30.6. The quantitative estimate of drug-likeness (QED) is 0.0642. The molecule has 0 radical (unpaired) electrons. The lowest BCUT2D eigenvalue weighted by Crippen LogP contribution is -2.53. The molecule has 1 aromatic heterocycles. The van der Waals surface area contributed by atoms with Crippen LogP contribution in [-0.2, 0) is 30.4 Å². The van der Waals surface area contributed by atoms with Gasteiger partial charge in [0.25, 0.3) is 0 Å². The summed E-state index contributed by atoms with van der Waals surface area (Å²) in [7, 11) is 0. The number of carboxylic acids is 2. The minimum atomic E-state index is -1.29. The molecule has 39 heavy (non-hydrogen) atoms. The number of carbonyl (C=O) groups excluding carboxylic acids is 3. The van der Waals surface area contributed by atoms with Crippen molar-refractivity contribution in [1.29, 1.82) is 0 Å². The van der Waals surface area contributed by atoms with E-state index in [1.165, 1.54) is 0 Å². The second kappa shape index (κ2) is 14.9. The number of carbonyl (C=O) groups is 5. The van der Waals surface area contributed by atoms with Crippen molar-refractivity contribution in [3.8, 4) is 0 Å². The number of fused-ring (bicyclic) bond motifs is 1. The molecule has 12 N–H and O–H groups in total. The Bertz CT molecular complexity index is 1210. The van der Waals surface area contributed by atoms with Crippen LogP contribution >= 0.6 is 0 Å². The summed E-state index contributed by atoms with van der Waals surface area (Å²) in [5.41, 5.74) is 17.8. The number of nitrogens with two attached hydrogens (primary N) is 3. The van der Waals surface area contributed by atoms with Crippen LogP contribution in [0, 0.1) is 0 Å². The van der Waals surface area contributed by atoms with Crippen LogP contribution in [0.15, 0.2) is 35.5 Å². The maximum atomic E-state index is 12.7. The highest BCUT2D eigenvalue weighted by atomic mass is 16.4. The SMILES string of the molecule is NC(N)=NCCCC(N)C(=O)NC(CCC(=O)O)C(=O)NCC(=O)NC(Cc1c[nH]c2ccccc12)C(=O)O. The van der Waals surface area contributed by atoms with Crippen molar-refractivity contribution in [1.82, 2.24) is 20.9 Å². The smallest absolute Gasteiger partial charge is 0.326 e. The molecule has 1 aromatic carbocycles. The summed E-state index contributed by atoms with van der Waals surface area (Å²) in [6.45, 7) is -0.348. The van der Waals surface area contributed by atoms with E-state index in [-0.39, 0.29) is 31.8 Å². The predicted octanol–water partition coefficient (Wildman–Crippen LogP) is -1.87. The van der Waals surface area contributed by atoms with Gasteiger partial charge in [0, 0.05) is 36.5 Å². The molecule has 0 saturated heterocycles. The molecular formula is C24H34N8O7. The standard InChI is InChI=1S/C24H34N8O7/c25-15(5-3-9-28-24(26)27)21(36)32-17(7-8-20(34)35)22(37)30-12-19(33)31-18(23(38)39)10-13-11-29-16-6-2-1-4-14(13)16/h1-2,4,6,11,15,17-18,29H,3,5,7-10,12,25H2,(H,30,37)(H,31,33)(H,32,36)(H,34,35)(H,38,39)(H4,26,27,28). The van der Waals surface area contributed by atoms with E-state index in [2.05, 4.69) is 25.9 Å². The number of aliphatic imine (C=N–C) groups is 1.